The molecule has 2 heteroatoms. The van der Waals surface area contributed by atoms with Crippen molar-refractivity contribution in [1.29, 1.82) is 0 Å². The van der Waals surface area contributed by atoms with Gasteiger partial charge in [-0.2, -0.15) is 0 Å². The van der Waals surface area contributed by atoms with Gasteiger partial charge in [0.2, 0.25) is 0 Å². The number of para-hydroxylation sites is 1. The van der Waals surface area contributed by atoms with Crippen LogP contribution < -0.4 is 5.32 Å². The number of benzene rings is 1. The van der Waals surface area contributed by atoms with Gasteiger partial charge in [0.1, 0.15) is 0 Å². The summed E-state index contributed by atoms with van der Waals surface area (Å²) in [5, 5.41) is 4.80. The number of hydrogen-bond donors (Lipinski definition) is 1. The predicted octanol–water partition coefficient (Wildman–Crippen LogP) is 3.94. The lowest BCUT2D eigenvalue weighted by Gasteiger charge is -2.10. The van der Waals surface area contributed by atoms with Crippen LogP contribution in [0.5, 0.6) is 0 Å². The number of aryl methyl sites for hydroxylation is 1. The number of rotatable bonds is 7. The van der Waals surface area contributed by atoms with Crippen molar-refractivity contribution in [2.24, 2.45) is 0 Å². The Hall–Kier alpha value is -1.28. The highest BCUT2D eigenvalue weighted by atomic mass is 15.0. The summed E-state index contributed by atoms with van der Waals surface area (Å²) in [7, 11) is 0. The molecule has 0 unspecified atom stereocenters. The standard InChI is InChI=1S/C16H24N2/c1-3-5-8-11-18-15(13-17-4-2)12-14-9-6-7-10-16(14)18/h6-7,9-10,12,17H,3-5,8,11,13H2,1-2H3. The van der Waals surface area contributed by atoms with Gasteiger partial charge < -0.3 is 9.88 Å². The third-order valence-electron chi connectivity index (χ3n) is 3.44. The normalized spacial score (nSPS) is 11.2. The van der Waals surface area contributed by atoms with E-state index in [1.54, 1.807) is 0 Å². The zero-order chi connectivity index (χ0) is 12.8. The maximum absolute atomic E-state index is 3.44. The summed E-state index contributed by atoms with van der Waals surface area (Å²) in [6.45, 7) is 7.55. The van der Waals surface area contributed by atoms with Crippen LogP contribution in [0.15, 0.2) is 30.3 Å². The van der Waals surface area contributed by atoms with Crippen molar-refractivity contribution >= 4 is 10.9 Å². The van der Waals surface area contributed by atoms with Crippen LogP contribution >= 0.6 is 0 Å². The number of unbranched alkanes of at least 4 members (excludes halogenated alkanes) is 2. The van der Waals surface area contributed by atoms with Gasteiger partial charge in [0.25, 0.3) is 0 Å². The Morgan fingerprint density at radius 1 is 1.11 bits per heavy atom. The van der Waals surface area contributed by atoms with E-state index in [9.17, 15) is 0 Å². The van der Waals surface area contributed by atoms with Crippen LogP contribution in [0.4, 0.5) is 0 Å². The second-order valence-corrected chi connectivity index (χ2v) is 4.83. The van der Waals surface area contributed by atoms with E-state index in [4.69, 9.17) is 0 Å². The second kappa shape index (κ2) is 6.60. The first-order valence-corrected chi connectivity index (χ1v) is 7.14. The topological polar surface area (TPSA) is 17.0 Å². The molecule has 1 heterocycles. The van der Waals surface area contributed by atoms with E-state index >= 15 is 0 Å². The summed E-state index contributed by atoms with van der Waals surface area (Å²) in [4.78, 5) is 0. The van der Waals surface area contributed by atoms with Gasteiger partial charge in [-0.3, -0.25) is 0 Å². The van der Waals surface area contributed by atoms with Gasteiger partial charge in [0.15, 0.2) is 0 Å². The van der Waals surface area contributed by atoms with Crippen molar-refractivity contribution in [2.45, 2.75) is 46.2 Å². The quantitative estimate of drug-likeness (QED) is 0.730. The summed E-state index contributed by atoms with van der Waals surface area (Å²) in [5.74, 6) is 0. The highest BCUT2D eigenvalue weighted by Crippen LogP contribution is 2.20. The molecule has 0 saturated carbocycles. The Labute approximate surface area is 110 Å². The average molecular weight is 244 g/mol. The van der Waals surface area contributed by atoms with Crippen LogP contribution in [0.1, 0.15) is 38.8 Å². The first-order chi connectivity index (χ1) is 8.86. The smallest absolute Gasteiger partial charge is 0.0482 e. The Morgan fingerprint density at radius 2 is 1.94 bits per heavy atom. The lowest BCUT2D eigenvalue weighted by atomic mass is 10.2. The Morgan fingerprint density at radius 3 is 2.72 bits per heavy atom. The number of nitrogens with zero attached hydrogens (tertiary/aromatic N) is 1. The molecule has 1 aromatic carbocycles. The van der Waals surface area contributed by atoms with E-state index in [1.807, 2.05) is 0 Å². The minimum Gasteiger partial charge on any atom is -0.343 e. The summed E-state index contributed by atoms with van der Waals surface area (Å²) in [6.07, 6.45) is 3.86. The van der Waals surface area contributed by atoms with E-state index in [0.717, 1.165) is 19.6 Å². The molecule has 98 valence electrons. The second-order valence-electron chi connectivity index (χ2n) is 4.83. The molecule has 1 N–H and O–H groups in total. The molecular formula is C16H24N2. The number of hydrogen-bond acceptors (Lipinski definition) is 1. The fourth-order valence-corrected chi connectivity index (χ4v) is 2.45. The van der Waals surface area contributed by atoms with Gasteiger partial charge in [0, 0.05) is 24.3 Å². The SMILES string of the molecule is CCCCCn1c(CNCC)cc2ccccc21. The van der Waals surface area contributed by atoms with Crippen LogP contribution in [0.25, 0.3) is 10.9 Å². The predicted molar refractivity (Wildman–Crippen MR) is 78.8 cm³/mol. The van der Waals surface area contributed by atoms with Crippen LogP contribution in [0, 0.1) is 0 Å². The van der Waals surface area contributed by atoms with Crippen molar-refractivity contribution in [3.05, 3.63) is 36.0 Å². The third kappa shape index (κ3) is 2.94. The van der Waals surface area contributed by atoms with Crippen molar-refractivity contribution in [3.8, 4) is 0 Å². The van der Waals surface area contributed by atoms with Crippen molar-refractivity contribution in [1.82, 2.24) is 9.88 Å². The Balaban J connectivity index is 2.25. The molecular weight excluding hydrogens is 220 g/mol. The molecule has 2 rings (SSSR count). The molecule has 0 amide bonds. The fraction of sp³-hybridized carbons (Fsp3) is 0.500. The van der Waals surface area contributed by atoms with E-state index in [2.05, 4.69) is 54.1 Å². The lowest BCUT2D eigenvalue weighted by molar-refractivity contribution is 0.581. The Kier molecular flexibility index (Phi) is 4.82. The summed E-state index contributed by atoms with van der Waals surface area (Å²) >= 11 is 0. The van der Waals surface area contributed by atoms with Crippen molar-refractivity contribution < 1.29 is 0 Å². The van der Waals surface area contributed by atoms with Crippen LogP contribution in [0.2, 0.25) is 0 Å². The van der Waals surface area contributed by atoms with E-state index in [1.165, 1.54) is 35.9 Å². The zero-order valence-corrected chi connectivity index (χ0v) is 11.6. The molecule has 18 heavy (non-hydrogen) atoms. The zero-order valence-electron chi connectivity index (χ0n) is 11.6. The Bertz CT molecular complexity index is 485. The molecule has 2 nitrogen and oxygen atoms in total. The van der Waals surface area contributed by atoms with Crippen LogP contribution in [-0.4, -0.2) is 11.1 Å². The summed E-state index contributed by atoms with van der Waals surface area (Å²) in [6, 6.07) is 11.0. The number of fused-ring (bicyclic) bond motifs is 1. The highest BCUT2D eigenvalue weighted by molar-refractivity contribution is 5.81. The number of nitrogens with one attached hydrogen (secondary N) is 1. The minimum atomic E-state index is 0.970. The molecule has 0 radical (unpaired) electrons. The first-order valence-electron chi connectivity index (χ1n) is 7.14. The molecule has 0 aliphatic carbocycles. The van der Waals surface area contributed by atoms with E-state index in [0.29, 0.717) is 0 Å². The van der Waals surface area contributed by atoms with Crippen LogP contribution in [0.3, 0.4) is 0 Å². The van der Waals surface area contributed by atoms with Gasteiger partial charge >= 0.3 is 0 Å². The molecule has 0 aliphatic heterocycles. The molecule has 0 bridgehead atoms. The maximum atomic E-state index is 3.44. The summed E-state index contributed by atoms with van der Waals surface area (Å²) < 4.78 is 2.48. The summed E-state index contributed by atoms with van der Waals surface area (Å²) in [5.41, 5.74) is 2.79. The molecule has 2 aromatic rings. The van der Waals surface area contributed by atoms with Crippen molar-refractivity contribution in [2.75, 3.05) is 6.54 Å². The minimum absolute atomic E-state index is 0.970. The number of aromatic nitrogens is 1. The lowest BCUT2D eigenvalue weighted by Crippen LogP contribution is -2.15. The van der Waals surface area contributed by atoms with Gasteiger partial charge in [-0.15, -0.1) is 0 Å². The molecule has 1 aromatic heterocycles. The molecule has 0 spiro atoms. The average Bonchev–Trinajstić information content (AvgIpc) is 2.75. The molecule has 0 fully saturated rings. The highest BCUT2D eigenvalue weighted by Gasteiger charge is 2.07. The first kappa shape index (κ1) is 13.2. The van der Waals surface area contributed by atoms with Gasteiger partial charge in [-0.1, -0.05) is 44.9 Å². The largest absolute Gasteiger partial charge is 0.343 e. The van der Waals surface area contributed by atoms with Gasteiger partial charge in [0.05, 0.1) is 0 Å². The maximum Gasteiger partial charge on any atom is 0.0482 e. The molecule has 0 aliphatic rings. The van der Waals surface area contributed by atoms with E-state index in [-0.39, 0.29) is 0 Å². The molecule has 0 atom stereocenters. The van der Waals surface area contributed by atoms with Gasteiger partial charge in [-0.05, 0) is 30.5 Å². The fourth-order valence-electron chi connectivity index (χ4n) is 2.45. The van der Waals surface area contributed by atoms with Crippen molar-refractivity contribution in [3.63, 3.8) is 0 Å². The monoisotopic (exact) mass is 244 g/mol. The molecule has 0 saturated heterocycles. The third-order valence-corrected chi connectivity index (χ3v) is 3.44. The van der Waals surface area contributed by atoms with Gasteiger partial charge in [-0.25, -0.2) is 0 Å². The van der Waals surface area contributed by atoms with E-state index < -0.39 is 0 Å². The van der Waals surface area contributed by atoms with Crippen LogP contribution in [-0.2, 0) is 13.1 Å².